The SMILES string of the molecule is CN(CC1CC1)c1ccc(F)cc1C=O. The van der Waals surface area contributed by atoms with E-state index in [9.17, 15) is 9.18 Å². The van der Waals surface area contributed by atoms with Crippen molar-refractivity contribution in [2.75, 3.05) is 18.5 Å². The number of anilines is 1. The Kier molecular flexibility index (Phi) is 2.71. The largest absolute Gasteiger partial charge is 0.374 e. The van der Waals surface area contributed by atoms with Gasteiger partial charge < -0.3 is 4.90 Å². The Bertz CT molecular complexity index is 374. The van der Waals surface area contributed by atoms with Crippen molar-refractivity contribution in [3.05, 3.63) is 29.6 Å². The van der Waals surface area contributed by atoms with E-state index in [-0.39, 0.29) is 5.82 Å². The Labute approximate surface area is 88.7 Å². The summed E-state index contributed by atoms with van der Waals surface area (Å²) in [6, 6.07) is 4.35. The summed E-state index contributed by atoms with van der Waals surface area (Å²) >= 11 is 0. The summed E-state index contributed by atoms with van der Waals surface area (Å²) in [4.78, 5) is 12.8. The molecule has 0 amide bonds. The first-order chi connectivity index (χ1) is 7.20. The molecule has 3 heteroatoms. The van der Waals surface area contributed by atoms with Gasteiger partial charge in [0.15, 0.2) is 6.29 Å². The van der Waals surface area contributed by atoms with Gasteiger partial charge in [0.2, 0.25) is 0 Å². The molecule has 0 heterocycles. The van der Waals surface area contributed by atoms with Crippen LogP contribution in [0.1, 0.15) is 23.2 Å². The van der Waals surface area contributed by atoms with Gasteiger partial charge in [-0.1, -0.05) is 0 Å². The molecule has 0 spiro atoms. The quantitative estimate of drug-likeness (QED) is 0.707. The van der Waals surface area contributed by atoms with Gasteiger partial charge in [-0.05, 0) is 37.0 Å². The van der Waals surface area contributed by atoms with Crippen molar-refractivity contribution in [2.24, 2.45) is 5.92 Å². The number of hydrogen-bond donors (Lipinski definition) is 0. The van der Waals surface area contributed by atoms with Crippen molar-refractivity contribution in [3.8, 4) is 0 Å². The molecule has 0 N–H and O–H groups in total. The van der Waals surface area contributed by atoms with Crippen LogP contribution >= 0.6 is 0 Å². The molecule has 1 saturated carbocycles. The van der Waals surface area contributed by atoms with E-state index in [2.05, 4.69) is 0 Å². The van der Waals surface area contributed by atoms with Crippen molar-refractivity contribution in [1.82, 2.24) is 0 Å². The Hall–Kier alpha value is -1.38. The van der Waals surface area contributed by atoms with E-state index in [0.717, 1.165) is 18.2 Å². The number of nitrogens with zero attached hydrogens (tertiary/aromatic N) is 1. The topological polar surface area (TPSA) is 20.3 Å². The fraction of sp³-hybridized carbons (Fsp3) is 0.417. The monoisotopic (exact) mass is 207 g/mol. The van der Waals surface area contributed by atoms with Gasteiger partial charge in [0.25, 0.3) is 0 Å². The molecule has 0 atom stereocenters. The molecular formula is C12H14FNO. The highest BCUT2D eigenvalue weighted by Crippen LogP contribution is 2.31. The maximum atomic E-state index is 12.9. The van der Waals surface area contributed by atoms with Crippen molar-refractivity contribution < 1.29 is 9.18 Å². The van der Waals surface area contributed by atoms with Gasteiger partial charge in [-0.15, -0.1) is 0 Å². The fourth-order valence-electron chi connectivity index (χ4n) is 1.75. The summed E-state index contributed by atoms with van der Waals surface area (Å²) in [6.07, 6.45) is 3.24. The second kappa shape index (κ2) is 4.01. The van der Waals surface area contributed by atoms with Gasteiger partial charge in [-0.3, -0.25) is 4.79 Å². The Morgan fingerprint density at radius 3 is 2.87 bits per heavy atom. The smallest absolute Gasteiger partial charge is 0.152 e. The molecule has 0 saturated heterocycles. The molecule has 2 nitrogen and oxygen atoms in total. The number of halogens is 1. The summed E-state index contributed by atoms with van der Waals surface area (Å²) in [7, 11) is 1.94. The zero-order valence-electron chi connectivity index (χ0n) is 8.74. The highest BCUT2D eigenvalue weighted by Gasteiger charge is 2.23. The summed E-state index contributed by atoms with van der Waals surface area (Å²) in [6.45, 7) is 0.951. The number of carbonyl (C=O) groups excluding carboxylic acids is 1. The van der Waals surface area contributed by atoms with E-state index in [0.29, 0.717) is 11.8 Å². The second-order valence-electron chi connectivity index (χ2n) is 4.14. The molecule has 0 unspecified atom stereocenters. The van der Waals surface area contributed by atoms with Crippen molar-refractivity contribution in [2.45, 2.75) is 12.8 Å². The zero-order chi connectivity index (χ0) is 10.8. The average Bonchev–Trinajstić information content (AvgIpc) is 3.01. The van der Waals surface area contributed by atoms with Crippen molar-refractivity contribution in [1.29, 1.82) is 0 Å². The Balaban J connectivity index is 2.20. The lowest BCUT2D eigenvalue weighted by atomic mass is 10.1. The predicted molar refractivity (Wildman–Crippen MR) is 57.8 cm³/mol. The molecule has 1 aromatic carbocycles. The molecule has 15 heavy (non-hydrogen) atoms. The van der Waals surface area contributed by atoms with Gasteiger partial charge >= 0.3 is 0 Å². The van der Waals surface area contributed by atoms with Crippen molar-refractivity contribution in [3.63, 3.8) is 0 Å². The maximum Gasteiger partial charge on any atom is 0.152 e. The number of aldehydes is 1. The second-order valence-corrected chi connectivity index (χ2v) is 4.14. The number of hydrogen-bond acceptors (Lipinski definition) is 2. The van der Waals surface area contributed by atoms with Crippen LogP contribution in [0.25, 0.3) is 0 Å². The van der Waals surface area contributed by atoms with Crippen LogP contribution in [-0.2, 0) is 0 Å². The first-order valence-corrected chi connectivity index (χ1v) is 5.16. The van der Waals surface area contributed by atoms with E-state index < -0.39 is 0 Å². The molecule has 1 aromatic rings. The van der Waals surface area contributed by atoms with Crippen LogP contribution in [-0.4, -0.2) is 19.9 Å². The highest BCUT2D eigenvalue weighted by molar-refractivity contribution is 5.84. The highest BCUT2D eigenvalue weighted by atomic mass is 19.1. The zero-order valence-corrected chi connectivity index (χ0v) is 8.74. The lowest BCUT2D eigenvalue weighted by Crippen LogP contribution is -2.21. The standard InChI is InChI=1S/C12H14FNO/c1-14(7-9-2-3-9)12-5-4-11(13)6-10(12)8-15/h4-6,8-9H,2-3,7H2,1H3. The molecule has 1 fully saturated rings. The van der Waals surface area contributed by atoms with E-state index >= 15 is 0 Å². The molecule has 2 rings (SSSR count). The lowest BCUT2D eigenvalue weighted by molar-refractivity contribution is 0.112. The molecule has 1 aliphatic rings. The average molecular weight is 207 g/mol. The third-order valence-electron chi connectivity index (χ3n) is 2.76. The van der Waals surface area contributed by atoms with Gasteiger partial charge in [0.05, 0.1) is 0 Å². The van der Waals surface area contributed by atoms with Gasteiger partial charge in [0, 0.05) is 24.8 Å². The summed E-state index contributed by atoms with van der Waals surface area (Å²) in [5, 5.41) is 0. The summed E-state index contributed by atoms with van der Waals surface area (Å²) < 4.78 is 12.9. The number of rotatable bonds is 4. The van der Waals surface area contributed by atoms with E-state index in [1.807, 2.05) is 11.9 Å². The third-order valence-corrected chi connectivity index (χ3v) is 2.76. The van der Waals surface area contributed by atoms with Crippen LogP contribution in [0.3, 0.4) is 0 Å². The van der Waals surface area contributed by atoms with Crippen LogP contribution in [0.15, 0.2) is 18.2 Å². The van der Waals surface area contributed by atoms with Gasteiger partial charge in [-0.25, -0.2) is 4.39 Å². The molecule has 0 aromatic heterocycles. The van der Waals surface area contributed by atoms with Crippen molar-refractivity contribution >= 4 is 12.0 Å². The van der Waals surface area contributed by atoms with E-state index in [4.69, 9.17) is 0 Å². The van der Waals surface area contributed by atoms with E-state index in [1.54, 1.807) is 6.07 Å². The molecule has 80 valence electrons. The molecular weight excluding hydrogens is 193 g/mol. The maximum absolute atomic E-state index is 12.9. The minimum Gasteiger partial charge on any atom is -0.374 e. The summed E-state index contributed by atoms with van der Waals surface area (Å²) in [5.41, 5.74) is 1.25. The van der Waals surface area contributed by atoms with Gasteiger partial charge in [0.1, 0.15) is 5.82 Å². The van der Waals surface area contributed by atoms with Crippen LogP contribution in [0, 0.1) is 11.7 Å². The Morgan fingerprint density at radius 2 is 2.27 bits per heavy atom. The predicted octanol–water partition coefficient (Wildman–Crippen LogP) is 2.48. The molecule has 0 aliphatic heterocycles. The van der Waals surface area contributed by atoms with Gasteiger partial charge in [-0.2, -0.15) is 0 Å². The first kappa shape index (κ1) is 10.1. The first-order valence-electron chi connectivity index (χ1n) is 5.16. The lowest BCUT2D eigenvalue weighted by Gasteiger charge is -2.20. The minimum absolute atomic E-state index is 0.360. The number of carbonyl (C=O) groups is 1. The fourth-order valence-corrected chi connectivity index (χ4v) is 1.75. The van der Waals surface area contributed by atoms with Crippen LogP contribution in [0.5, 0.6) is 0 Å². The van der Waals surface area contributed by atoms with Crippen LogP contribution in [0.4, 0.5) is 10.1 Å². The molecule has 1 aliphatic carbocycles. The Morgan fingerprint density at radius 1 is 1.53 bits per heavy atom. The minimum atomic E-state index is -0.360. The molecule has 0 bridgehead atoms. The third kappa shape index (κ3) is 2.35. The van der Waals surface area contributed by atoms with Crippen LogP contribution in [0.2, 0.25) is 0 Å². The molecule has 0 radical (unpaired) electrons. The summed E-state index contributed by atoms with van der Waals surface area (Å²) in [5.74, 6) is 0.389. The number of benzene rings is 1. The normalized spacial score (nSPS) is 15.1. The van der Waals surface area contributed by atoms with E-state index in [1.165, 1.54) is 25.0 Å². The van der Waals surface area contributed by atoms with Crippen LogP contribution < -0.4 is 4.90 Å².